The Bertz CT molecular complexity index is 534. The number of carbonyl (C=O) groups excluding carboxylic acids is 1. The number of hydrogen-bond acceptors (Lipinski definition) is 5. The van der Waals surface area contributed by atoms with Crippen molar-refractivity contribution in [2.24, 2.45) is 5.92 Å². The second-order valence-electron chi connectivity index (χ2n) is 5.21. The number of aromatic nitrogens is 2. The summed E-state index contributed by atoms with van der Waals surface area (Å²) >= 11 is 0. The number of nitrogens with one attached hydrogen (secondary N) is 1. The lowest BCUT2D eigenvalue weighted by molar-refractivity contribution is -0.143. The topological polar surface area (TPSA) is 98.7 Å². The number of anilines is 2. The summed E-state index contributed by atoms with van der Waals surface area (Å²) in [6.07, 6.45) is 2.68. The van der Waals surface area contributed by atoms with E-state index in [0.717, 1.165) is 0 Å². The van der Waals surface area contributed by atoms with Gasteiger partial charge in [-0.3, -0.25) is 10.1 Å². The van der Waals surface area contributed by atoms with Gasteiger partial charge in [-0.15, -0.1) is 0 Å². The Kier molecular flexibility index (Phi) is 4.56. The molecule has 1 fully saturated rings. The number of carbonyl (C=O) groups is 2. The largest absolute Gasteiger partial charge is 0.481 e. The third kappa shape index (κ3) is 3.80. The number of carboxylic acids is 1. The zero-order valence-electron chi connectivity index (χ0n) is 12.1. The average Bonchev–Trinajstić information content (AvgIpc) is 2.47. The smallest absolute Gasteiger partial charge is 0.323 e. The first-order valence-electron chi connectivity index (χ1n) is 6.75. The van der Waals surface area contributed by atoms with E-state index in [1.807, 2.05) is 14.1 Å². The third-order valence-electron chi connectivity index (χ3n) is 3.40. The molecule has 2 rings (SSSR count). The fourth-order valence-electron chi connectivity index (χ4n) is 2.21. The Labute approximate surface area is 122 Å². The van der Waals surface area contributed by atoms with Gasteiger partial charge in [0.05, 0.1) is 5.92 Å². The van der Waals surface area contributed by atoms with Gasteiger partial charge in [-0.1, -0.05) is 0 Å². The summed E-state index contributed by atoms with van der Waals surface area (Å²) in [7, 11) is 3.69. The number of rotatable bonds is 3. The Hall–Kier alpha value is -2.38. The molecular weight excluding hydrogens is 274 g/mol. The molecule has 2 heterocycles. The minimum absolute atomic E-state index is 0.229. The van der Waals surface area contributed by atoms with Crippen LogP contribution in [0.4, 0.5) is 16.4 Å². The first-order chi connectivity index (χ1) is 9.97. The molecule has 0 saturated carbocycles. The summed E-state index contributed by atoms with van der Waals surface area (Å²) in [5, 5.41) is 11.7. The molecule has 1 atom stereocenters. The van der Waals surface area contributed by atoms with E-state index in [0.29, 0.717) is 31.0 Å². The van der Waals surface area contributed by atoms with Crippen LogP contribution in [-0.4, -0.2) is 59.2 Å². The van der Waals surface area contributed by atoms with Crippen LogP contribution in [0.5, 0.6) is 0 Å². The summed E-state index contributed by atoms with van der Waals surface area (Å²) in [6.45, 7) is 0.786. The summed E-state index contributed by atoms with van der Waals surface area (Å²) < 4.78 is 0. The predicted octanol–water partition coefficient (Wildman–Crippen LogP) is 0.871. The second kappa shape index (κ2) is 6.38. The number of urea groups is 1. The molecule has 1 aromatic heterocycles. The van der Waals surface area contributed by atoms with Gasteiger partial charge in [-0.25, -0.2) is 14.8 Å². The number of carboxylic acid groups (broad SMARTS) is 1. The molecule has 0 radical (unpaired) electrons. The van der Waals surface area contributed by atoms with E-state index >= 15 is 0 Å². The molecule has 8 heteroatoms. The molecule has 0 aliphatic carbocycles. The lowest BCUT2D eigenvalue weighted by Gasteiger charge is -2.30. The molecule has 0 bridgehead atoms. The molecular formula is C13H19N5O3. The van der Waals surface area contributed by atoms with Crippen molar-refractivity contribution in [1.29, 1.82) is 0 Å². The van der Waals surface area contributed by atoms with Gasteiger partial charge in [0.1, 0.15) is 18.0 Å². The molecule has 1 aliphatic rings. The van der Waals surface area contributed by atoms with Crippen molar-refractivity contribution in [2.75, 3.05) is 37.4 Å². The fourth-order valence-corrected chi connectivity index (χ4v) is 2.21. The van der Waals surface area contributed by atoms with Crippen LogP contribution in [-0.2, 0) is 4.79 Å². The molecule has 8 nitrogen and oxygen atoms in total. The fraction of sp³-hybridized carbons (Fsp3) is 0.538. The molecule has 0 aromatic carbocycles. The maximum absolute atomic E-state index is 12.2. The highest BCUT2D eigenvalue weighted by molar-refractivity contribution is 5.89. The number of hydrogen-bond donors (Lipinski definition) is 2. The van der Waals surface area contributed by atoms with E-state index in [1.165, 1.54) is 11.2 Å². The highest BCUT2D eigenvalue weighted by Gasteiger charge is 2.28. The lowest BCUT2D eigenvalue weighted by Crippen LogP contribution is -2.44. The van der Waals surface area contributed by atoms with Crippen LogP contribution in [0.25, 0.3) is 0 Å². The van der Waals surface area contributed by atoms with Crippen LogP contribution in [0, 0.1) is 5.92 Å². The number of likely N-dealkylation sites (tertiary alicyclic amines) is 1. The van der Waals surface area contributed by atoms with E-state index < -0.39 is 11.9 Å². The minimum atomic E-state index is -0.857. The van der Waals surface area contributed by atoms with Crippen molar-refractivity contribution in [3.63, 3.8) is 0 Å². The third-order valence-corrected chi connectivity index (χ3v) is 3.40. The van der Waals surface area contributed by atoms with Gasteiger partial charge in [-0.05, 0) is 12.8 Å². The molecule has 114 valence electrons. The molecule has 2 N–H and O–H groups in total. The van der Waals surface area contributed by atoms with E-state index in [2.05, 4.69) is 15.3 Å². The van der Waals surface area contributed by atoms with Gasteiger partial charge in [0, 0.05) is 33.3 Å². The van der Waals surface area contributed by atoms with Crippen LogP contribution in [0.2, 0.25) is 0 Å². The van der Waals surface area contributed by atoms with Gasteiger partial charge < -0.3 is 14.9 Å². The molecule has 1 saturated heterocycles. The average molecular weight is 293 g/mol. The van der Waals surface area contributed by atoms with Gasteiger partial charge >= 0.3 is 12.0 Å². The Morgan fingerprint density at radius 1 is 1.43 bits per heavy atom. The van der Waals surface area contributed by atoms with Crippen molar-refractivity contribution in [2.45, 2.75) is 12.8 Å². The quantitative estimate of drug-likeness (QED) is 0.858. The Morgan fingerprint density at radius 2 is 2.19 bits per heavy atom. The normalized spacial score (nSPS) is 18.2. The highest BCUT2D eigenvalue weighted by atomic mass is 16.4. The van der Waals surface area contributed by atoms with Gasteiger partial charge in [0.15, 0.2) is 0 Å². The van der Waals surface area contributed by atoms with Crippen molar-refractivity contribution in [1.82, 2.24) is 14.9 Å². The summed E-state index contributed by atoms with van der Waals surface area (Å²) in [5.74, 6) is -0.268. The summed E-state index contributed by atoms with van der Waals surface area (Å²) in [4.78, 5) is 34.6. The number of piperidine rings is 1. The zero-order chi connectivity index (χ0) is 15.4. The summed E-state index contributed by atoms with van der Waals surface area (Å²) in [6, 6.07) is 1.33. The standard InChI is InChI=1S/C13H19N5O3/c1-17(2)11-6-10(14-8-15-11)16-13(21)18-5-3-4-9(7-18)12(19)20/h6,8-9H,3-5,7H2,1-2H3,(H,19,20)(H,14,15,16,21). The van der Waals surface area contributed by atoms with Crippen molar-refractivity contribution in [3.05, 3.63) is 12.4 Å². The van der Waals surface area contributed by atoms with Gasteiger partial charge in [0.2, 0.25) is 0 Å². The van der Waals surface area contributed by atoms with Crippen LogP contribution >= 0.6 is 0 Å². The van der Waals surface area contributed by atoms with Crippen LogP contribution < -0.4 is 10.2 Å². The number of aliphatic carboxylic acids is 1. The Morgan fingerprint density at radius 3 is 2.86 bits per heavy atom. The SMILES string of the molecule is CN(C)c1cc(NC(=O)N2CCCC(C(=O)O)C2)ncn1. The monoisotopic (exact) mass is 293 g/mol. The first kappa shape index (κ1) is 15.0. The number of nitrogens with zero attached hydrogens (tertiary/aromatic N) is 4. The van der Waals surface area contributed by atoms with Crippen LogP contribution in [0.3, 0.4) is 0 Å². The van der Waals surface area contributed by atoms with E-state index in [1.54, 1.807) is 11.0 Å². The van der Waals surface area contributed by atoms with Gasteiger partial charge in [0.25, 0.3) is 0 Å². The van der Waals surface area contributed by atoms with Crippen LogP contribution in [0.1, 0.15) is 12.8 Å². The minimum Gasteiger partial charge on any atom is -0.481 e. The van der Waals surface area contributed by atoms with E-state index in [-0.39, 0.29) is 12.6 Å². The molecule has 1 unspecified atom stereocenters. The molecule has 1 aliphatic heterocycles. The van der Waals surface area contributed by atoms with E-state index in [4.69, 9.17) is 5.11 Å². The second-order valence-corrected chi connectivity index (χ2v) is 5.21. The van der Waals surface area contributed by atoms with Crippen molar-refractivity contribution in [3.8, 4) is 0 Å². The maximum atomic E-state index is 12.2. The van der Waals surface area contributed by atoms with Crippen molar-refractivity contribution < 1.29 is 14.7 Å². The molecule has 2 amide bonds. The molecule has 0 spiro atoms. The first-order valence-corrected chi connectivity index (χ1v) is 6.75. The predicted molar refractivity (Wildman–Crippen MR) is 77.3 cm³/mol. The number of amides is 2. The van der Waals surface area contributed by atoms with E-state index in [9.17, 15) is 9.59 Å². The zero-order valence-corrected chi connectivity index (χ0v) is 12.1. The summed E-state index contributed by atoms with van der Waals surface area (Å²) in [5.41, 5.74) is 0. The lowest BCUT2D eigenvalue weighted by atomic mass is 9.99. The Balaban J connectivity index is 2.01. The molecule has 1 aromatic rings. The van der Waals surface area contributed by atoms with Crippen molar-refractivity contribution >= 4 is 23.6 Å². The molecule has 21 heavy (non-hydrogen) atoms. The highest BCUT2D eigenvalue weighted by Crippen LogP contribution is 2.18. The maximum Gasteiger partial charge on any atom is 0.323 e. The van der Waals surface area contributed by atoms with Crippen LogP contribution in [0.15, 0.2) is 12.4 Å². The van der Waals surface area contributed by atoms with Gasteiger partial charge in [-0.2, -0.15) is 0 Å².